The molecule has 0 saturated heterocycles. The van der Waals surface area contributed by atoms with Gasteiger partial charge in [0, 0.05) is 19.2 Å². The van der Waals surface area contributed by atoms with Gasteiger partial charge in [0.2, 0.25) is 0 Å². The van der Waals surface area contributed by atoms with Crippen LogP contribution in [-0.4, -0.2) is 16.5 Å². The largest absolute Gasteiger partial charge is 0.439 e. The number of hydrogen-bond acceptors (Lipinski definition) is 4. The van der Waals surface area contributed by atoms with Crippen molar-refractivity contribution in [2.75, 3.05) is 6.54 Å². The Kier molecular flexibility index (Phi) is 3.25. The van der Waals surface area contributed by atoms with Crippen molar-refractivity contribution in [1.82, 2.24) is 9.97 Å². The van der Waals surface area contributed by atoms with Gasteiger partial charge in [-0.15, -0.1) is 0 Å². The summed E-state index contributed by atoms with van der Waals surface area (Å²) in [5.74, 6) is 0.655. The molecule has 0 radical (unpaired) electrons. The van der Waals surface area contributed by atoms with Gasteiger partial charge in [0.1, 0.15) is 0 Å². The third-order valence-electron chi connectivity index (χ3n) is 2.96. The summed E-state index contributed by atoms with van der Waals surface area (Å²) in [5.41, 5.74) is 9.25. The van der Waals surface area contributed by atoms with Gasteiger partial charge in [0.05, 0.1) is 0 Å². The summed E-state index contributed by atoms with van der Waals surface area (Å²) in [6, 6.07) is 12.3. The molecule has 3 rings (SSSR count). The summed E-state index contributed by atoms with van der Waals surface area (Å²) >= 11 is 0. The van der Waals surface area contributed by atoms with Crippen LogP contribution in [0.1, 0.15) is 17.0 Å². The normalized spacial score (nSPS) is 11.0. The van der Waals surface area contributed by atoms with Crippen LogP contribution >= 0.6 is 0 Å². The maximum absolute atomic E-state index is 5.63. The van der Waals surface area contributed by atoms with E-state index in [4.69, 9.17) is 10.2 Å². The molecular formula is C15H15N3O. The van der Waals surface area contributed by atoms with Gasteiger partial charge in [-0.1, -0.05) is 30.3 Å². The van der Waals surface area contributed by atoms with Gasteiger partial charge in [-0.3, -0.25) is 0 Å². The third kappa shape index (κ3) is 2.63. The number of nitrogens with zero attached hydrogens (tertiary/aromatic N) is 2. The number of rotatable bonds is 4. The van der Waals surface area contributed by atoms with Crippen molar-refractivity contribution in [1.29, 1.82) is 0 Å². The van der Waals surface area contributed by atoms with Crippen LogP contribution < -0.4 is 5.73 Å². The molecule has 2 N–H and O–H groups in total. The first-order valence-corrected chi connectivity index (χ1v) is 6.33. The van der Waals surface area contributed by atoms with Crippen molar-refractivity contribution in [2.24, 2.45) is 5.73 Å². The predicted molar refractivity (Wildman–Crippen MR) is 73.8 cm³/mol. The molecule has 0 aliphatic carbocycles. The minimum atomic E-state index is 0.531. The molecule has 0 fully saturated rings. The first-order chi connectivity index (χ1) is 9.35. The highest BCUT2D eigenvalue weighted by atomic mass is 16.3. The number of benzene rings is 1. The summed E-state index contributed by atoms with van der Waals surface area (Å²) < 4.78 is 5.63. The zero-order valence-corrected chi connectivity index (χ0v) is 10.5. The standard InChI is InChI=1S/C15H15N3O/c16-7-6-14-18-15-13(19-14)9-12(10-17-15)8-11-4-2-1-3-5-11/h1-5,9-10H,6-8,16H2. The highest BCUT2D eigenvalue weighted by Gasteiger charge is 2.07. The summed E-state index contributed by atoms with van der Waals surface area (Å²) in [6.07, 6.45) is 3.34. The lowest BCUT2D eigenvalue weighted by Gasteiger charge is -2.00. The third-order valence-corrected chi connectivity index (χ3v) is 2.96. The fraction of sp³-hybridized carbons (Fsp3) is 0.200. The van der Waals surface area contributed by atoms with Gasteiger partial charge in [0.15, 0.2) is 17.1 Å². The molecule has 4 heteroatoms. The Morgan fingerprint density at radius 3 is 2.74 bits per heavy atom. The lowest BCUT2D eigenvalue weighted by Crippen LogP contribution is -2.02. The smallest absolute Gasteiger partial charge is 0.198 e. The van der Waals surface area contributed by atoms with Gasteiger partial charge in [-0.05, 0) is 23.6 Å². The minimum absolute atomic E-state index is 0.531. The first kappa shape index (κ1) is 11.9. The van der Waals surface area contributed by atoms with Crippen LogP contribution in [0.3, 0.4) is 0 Å². The van der Waals surface area contributed by atoms with Crippen molar-refractivity contribution in [3.05, 3.63) is 59.6 Å². The van der Waals surface area contributed by atoms with Crippen molar-refractivity contribution in [3.63, 3.8) is 0 Å². The molecule has 96 valence electrons. The molecule has 0 aliphatic heterocycles. The molecule has 0 amide bonds. The lowest BCUT2D eigenvalue weighted by atomic mass is 10.1. The Labute approximate surface area is 111 Å². The van der Waals surface area contributed by atoms with Gasteiger partial charge in [0.25, 0.3) is 0 Å². The van der Waals surface area contributed by atoms with Crippen LogP contribution in [0.2, 0.25) is 0 Å². The molecule has 1 aromatic carbocycles. The molecule has 2 aromatic heterocycles. The number of oxazole rings is 1. The van der Waals surface area contributed by atoms with E-state index < -0.39 is 0 Å². The van der Waals surface area contributed by atoms with E-state index in [1.165, 1.54) is 5.56 Å². The average molecular weight is 253 g/mol. The highest BCUT2D eigenvalue weighted by molar-refractivity contribution is 5.68. The Balaban J connectivity index is 1.88. The monoisotopic (exact) mass is 253 g/mol. The van der Waals surface area contributed by atoms with Crippen LogP contribution in [0.15, 0.2) is 47.0 Å². The molecule has 2 heterocycles. The fourth-order valence-corrected chi connectivity index (χ4v) is 2.06. The maximum atomic E-state index is 5.63. The quantitative estimate of drug-likeness (QED) is 0.775. The first-order valence-electron chi connectivity index (χ1n) is 6.33. The van der Waals surface area contributed by atoms with Crippen LogP contribution in [0.4, 0.5) is 0 Å². The summed E-state index contributed by atoms with van der Waals surface area (Å²) in [6.45, 7) is 0.531. The van der Waals surface area contributed by atoms with E-state index in [0.717, 1.165) is 17.6 Å². The summed E-state index contributed by atoms with van der Waals surface area (Å²) in [7, 11) is 0. The fourth-order valence-electron chi connectivity index (χ4n) is 2.06. The molecule has 0 unspecified atom stereocenters. The van der Waals surface area contributed by atoms with Gasteiger partial charge >= 0.3 is 0 Å². The molecule has 3 aromatic rings. The number of hydrogen-bond donors (Lipinski definition) is 1. The zero-order valence-electron chi connectivity index (χ0n) is 10.5. The molecule has 19 heavy (non-hydrogen) atoms. The van der Waals surface area contributed by atoms with E-state index >= 15 is 0 Å². The van der Waals surface area contributed by atoms with Gasteiger partial charge < -0.3 is 10.2 Å². The van der Waals surface area contributed by atoms with E-state index in [9.17, 15) is 0 Å². The molecule has 0 bridgehead atoms. The second-order valence-electron chi connectivity index (χ2n) is 4.47. The van der Waals surface area contributed by atoms with Crippen LogP contribution in [0, 0.1) is 0 Å². The van der Waals surface area contributed by atoms with Gasteiger partial charge in [-0.2, -0.15) is 4.98 Å². The topological polar surface area (TPSA) is 64.9 Å². The van der Waals surface area contributed by atoms with E-state index in [1.807, 2.05) is 30.5 Å². The number of pyridine rings is 1. The van der Waals surface area contributed by atoms with Crippen LogP contribution in [0.5, 0.6) is 0 Å². The highest BCUT2D eigenvalue weighted by Crippen LogP contribution is 2.17. The Morgan fingerprint density at radius 1 is 1.11 bits per heavy atom. The number of fused-ring (bicyclic) bond motifs is 1. The molecule has 4 nitrogen and oxygen atoms in total. The van der Waals surface area contributed by atoms with Crippen molar-refractivity contribution >= 4 is 11.2 Å². The summed E-state index contributed by atoms with van der Waals surface area (Å²) in [4.78, 5) is 8.63. The van der Waals surface area contributed by atoms with Crippen LogP contribution in [0.25, 0.3) is 11.2 Å². The van der Waals surface area contributed by atoms with E-state index in [2.05, 4.69) is 22.1 Å². The van der Waals surface area contributed by atoms with Crippen molar-refractivity contribution in [3.8, 4) is 0 Å². The second-order valence-corrected chi connectivity index (χ2v) is 4.47. The van der Waals surface area contributed by atoms with Crippen molar-refractivity contribution < 1.29 is 4.42 Å². The number of nitrogens with two attached hydrogens (primary N) is 1. The van der Waals surface area contributed by atoms with E-state index in [0.29, 0.717) is 24.5 Å². The van der Waals surface area contributed by atoms with E-state index in [1.54, 1.807) is 0 Å². The molecule has 0 atom stereocenters. The Hall–Kier alpha value is -2.20. The average Bonchev–Trinajstić information content (AvgIpc) is 2.82. The van der Waals surface area contributed by atoms with Crippen LogP contribution in [-0.2, 0) is 12.8 Å². The zero-order chi connectivity index (χ0) is 13.1. The molecule has 0 spiro atoms. The Bertz CT molecular complexity index is 676. The second kappa shape index (κ2) is 5.20. The molecule has 0 aliphatic rings. The van der Waals surface area contributed by atoms with Crippen molar-refractivity contribution in [2.45, 2.75) is 12.8 Å². The summed E-state index contributed by atoms with van der Waals surface area (Å²) in [5, 5.41) is 0. The molecule has 0 saturated carbocycles. The van der Waals surface area contributed by atoms with E-state index in [-0.39, 0.29) is 0 Å². The van der Waals surface area contributed by atoms with Gasteiger partial charge in [-0.25, -0.2) is 4.98 Å². The maximum Gasteiger partial charge on any atom is 0.198 e. The number of aromatic nitrogens is 2. The lowest BCUT2D eigenvalue weighted by molar-refractivity contribution is 0.531. The Morgan fingerprint density at radius 2 is 1.95 bits per heavy atom. The molecular weight excluding hydrogens is 238 g/mol. The SMILES string of the molecule is NCCc1nc2ncc(Cc3ccccc3)cc2o1. The minimum Gasteiger partial charge on any atom is -0.439 e. The predicted octanol–water partition coefficient (Wildman–Crippen LogP) is 2.31.